The Hall–Kier alpha value is -3.47. The number of aromatic nitrogens is 3. The summed E-state index contributed by atoms with van der Waals surface area (Å²) in [5.41, 5.74) is 4.29. The number of esters is 1. The molecular formula is C21H17N3O2. The van der Waals surface area contributed by atoms with Gasteiger partial charge < -0.3 is 9.14 Å². The van der Waals surface area contributed by atoms with E-state index in [0.29, 0.717) is 11.4 Å². The molecule has 0 aliphatic heterocycles. The van der Waals surface area contributed by atoms with Crippen molar-refractivity contribution >= 4 is 28.6 Å². The van der Waals surface area contributed by atoms with Crippen molar-refractivity contribution in [3.63, 3.8) is 0 Å². The van der Waals surface area contributed by atoms with Crippen LogP contribution in [0.2, 0.25) is 0 Å². The highest BCUT2D eigenvalue weighted by Gasteiger charge is 2.05. The molecule has 3 aromatic heterocycles. The van der Waals surface area contributed by atoms with Crippen molar-refractivity contribution in [2.24, 2.45) is 0 Å². The Bertz CT molecular complexity index is 1130. The Kier molecular flexibility index (Phi) is 4.19. The summed E-state index contributed by atoms with van der Waals surface area (Å²) in [4.78, 5) is 20.9. The Balaban J connectivity index is 1.41. The first-order valence-corrected chi connectivity index (χ1v) is 8.32. The molecule has 5 heteroatoms. The molecule has 4 aromatic rings. The predicted octanol–water partition coefficient (Wildman–Crippen LogP) is 3.95. The van der Waals surface area contributed by atoms with Gasteiger partial charge in [-0.25, -0.2) is 14.8 Å². The van der Waals surface area contributed by atoms with Gasteiger partial charge in [-0.3, -0.25) is 0 Å². The van der Waals surface area contributed by atoms with E-state index >= 15 is 0 Å². The molecule has 0 spiro atoms. The average molecular weight is 343 g/mol. The van der Waals surface area contributed by atoms with Gasteiger partial charge in [-0.1, -0.05) is 30.3 Å². The number of benzene rings is 1. The van der Waals surface area contributed by atoms with E-state index in [9.17, 15) is 4.79 Å². The van der Waals surface area contributed by atoms with E-state index in [4.69, 9.17) is 4.74 Å². The fraction of sp³-hybridized carbons (Fsp3) is 0.0952. The normalized spacial score (nSPS) is 11.4. The topological polar surface area (TPSA) is 56.5 Å². The van der Waals surface area contributed by atoms with Gasteiger partial charge in [0.15, 0.2) is 0 Å². The summed E-state index contributed by atoms with van der Waals surface area (Å²) in [5, 5.41) is 1.06. The van der Waals surface area contributed by atoms with Crippen LogP contribution < -0.4 is 0 Å². The van der Waals surface area contributed by atoms with Crippen molar-refractivity contribution in [1.29, 1.82) is 0 Å². The molecule has 0 bridgehead atoms. The molecule has 26 heavy (non-hydrogen) atoms. The summed E-state index contributed by atoms with van der Waals surface area (Å²) in [7, 11) is 0. The Morgan fingerprint density at radius 1 is 1.08 bits per heavy atom. The molecule has 0 aliphatic rings. The Morgan fingerprint density at radius 3 is 2.88 bits per heavy atom. The minimum absolute atomic E-state index is 0.134. The number of rotatable bonds is 4. The summed E-state index contributed by atoms with van der Waals surface area (Å²) in [6.45, 7) is 2.15. The van der Waals surface area contributed by atoms with Crippen LogP contribution in [0, 0.1) is 6.92 Å². The van der Waals surface area contributed by atoms with Crippen LogP contribution in [0.5, 0.6) is 0 Å². The zero-order chi connectivity index (χ0) is 17.9. The first-order valence-electron chi connectivity index (χ1n) is 8.32. The van der Waals surface area contributed by atoms with E-state index in [2.05, 4.69) is 9.97 Å². The van der Waals surface area contributed by atoms with Crippen molar-refractivity contribution in [3.05, 3.63) is 84.0 Å². The summed E-state index contributed by atoms with van der Waals surface area (Å²) < 4.78 is 7.19. The third-order valence-corrected chi connectivity index (χ3v) is 4.02. The third kappa shape index (κ3) is 3.47. The van der Waals surface area contributed by atoms with Crippen molar-refractivity contribution < 1.29 is 9.53 Å². The molecule has 0 radical (unpaired) electrons. The molecule has 1 aromatic carbocycles. The predicted molar refractivity (Wildman–Crippen MR) is 101 cm³/mol. The largest absolute Gasteiger partial charge is 0.456 e. The number of hydrogen-bond acceptors (Lipinski definition) is 4. The number of aryl methyl sites for hydroxylation is 1. The van der Waals surface area contributed by atoms with E-state index in [1.165, 1.54) is 6.08 Å². The molecule has 0 unspecified atom stereocenters. The molecule has 0 amide bonds. The summed E-state index contributed by atoms with van der Waals surface area (Å²) in [6.07, 6.45) is 6.89. The van der Waals surface area contributed by atoms with E-state index < -0.39 is 5.97 Å². The van der Waals surface area contributed by atoms with E-state index in [0.717, 1.165) is 22.1 Å². The zero-order valence-corrected chi connectivity index (χ0v) is 14.3. The number of nitrogens with zero attached hydrogens (tertiary/aromatic N) is 3. The summed E-state index contributed by atoms with van der Waals surface area (Å²) in [5.74, 6) is -0.423. The molecule has 4 rings (SSSR count). The van der Waals surface area contributed by atoms with Crippen molar-refractivity contribution in [2.45, 2.75) is 13.5 Å². The zero-order valence-electron chi connectivity index (χ0n) is 14.3. The number of hydrogen-bond donors (Lipinski definition) is 0. The Labute approximate surface area is 150 Å². The number of fused-ring (bicyclic) bond motifs is 2. The van der Waals surface area contributed by atoms with Crippen molar-refractivity contribution in [3.8, 4) is 0 Å². The van der Waals surface area contributed by atoms with Crippen LogP contribution in [0.4, 0.5) is 0 Å². The van der Waals surface area contributed by atoms with Crippen LogP contribution in [0.15, 0.2) is 67.0 Å². The second-order valence-electron chi connectivity index (χ2n) is 6.07. The highest BCUT2D eigenvalue weighted by atomic mass is 16.5. The van der Waals surface area contributed by atoms with Gasteiger partial charge in [-0.05, 0) is 36.8 Å². The fourth-order valence-corrected chi connectivity index (χ4v) is 2.75. The second-order valence-corrected chi connectivity index (χ2v) is 6.07. The molecule has 0 fully saturated rings. The molecule has 5 nitrogen and oxygen atoms in total. The second kappa shape index (κ2) is 6.80. The quantitative estimate of drug-likeness (QED) is 0.416. The highest BCUT2D eigenvalue weighted by molar-refractivity contribution is 5.87. The highest BCUT2D eigenvalue weighted by Crippen LogP contribution is 2.13. The van der Waals surface area contributed by atoms with Gasteiger partial charge in [0.05, 0.1) is 16.9 Å². The maximum atomic E-state index is 12.0. The first kappa shape index (κ1) is 16.0. The van der Waals surface area contributed by atoms with Gasteiger partial charge in [-0.2, -0.15) is 0 Å². The molecular weight excluding hydrogens is 326 g/mol. The van der Waals surface area contributed by atoms with E-state index in [1.54, 1.807) is 6.08 Å². The van der Waals surface area contributed by atoms with Gasteiger partial charge >= 0.3 is 5.97 Å². The smallest absolute Gasteiger partial charge is 0.331 e. The van der Waals surface area contributed by atoms with Gasteiger partial charge in [-0.15, -0.1) is 0 Å². The molecule has 0 atom stereocenters. The lowest BCUT2D eigenvalue weighted by molar-refractivity contribution is -0.139. The minimum atomic E-state index is -0.423. The van der Waals surface area contributed by atoms with Crippen LogP contribution in [0.1, 0.15) is 17.0 Å². The van der Waals surface area contributed by atoms with Gasteiger partial charge in [0.1, 0.15) is 12.3 Å². The number of pyridine rings is 2. The lowest BCUT2D eigenvalue weighted by Crippen LogP contribution is -2.01. The maximum Gasteiger partial charge on any atom is 0.331 e. The molecule has 0 saturated carbocycles. The van der Waals surface area contributed by atoms with E-state index in [-0.39, 0.29) is 6.61 Å². The molecule has 3 heterocycles. The molecule has 0 saturated heterocycles. The van der Waals surface area contributed by atoms with Crippen molar-refractivity contribution in [2.75, 3.05) is 0 Å². The third-order valence-electron chi connectivity index (χ3n) is 4.02. The molecule has 128 valence electrons. The average Bonchev–Trinajstić information content (AvgIpc) is 3.06. The van der Waals surface area contributed by atoms with Crippen LogP contribution in [0.3, 0.4) is 0 Å². The van der Waals surface area contributed by atoms with Crippen LogP contribution >= 0.6 is 0 Å². The monoisotopic (exact) mass is 343 g/mol. The molecule has 0 aliphatic carbocycles. The van der Waals surface area contributed by atoms with Crippen molar-refractivity contribution in [1.82, 2.24) is 14.4 Å². The maximum absolute atomic E-state index is 12.0. The van der Waals surface area contributed by atoms with E-state index in [1.807, 2.05) is 72.2 Å². The standard InChI is InChI=1S/C21H17N3O2/c1-15-6-10-20-23-18(13-24(20)12-15)14-26-21(25)11-9-17-8-7-16-4-2-3-5-19(16)22-17/h2-13H,14H2,1H3/b11-9+. The van der Waals surface area contributed by atoms with Gasteiger partial charge in [0.2, 0.25) is 0 Å². The Morgan fingerprint density at radius 2 is 1.96 bits per heavy atom. The summed E-state index contributed by atoms with van der Waals surface area (Å²) >= 11 is 0. The van der Waals surface area contributed by atoms with Crippen LogP contribution in [-0.4, -0.2) is 20.3 Å². The first-order chi connectivity index (χ1) is 12.7. The van der Waals surface area contributed by atoms with Gasteiger partial charge in [0.25, 0.3) is 0 Å². The lowest BCUT2D eigenvalue weighted by Gasteiger charge is -1.99. The number of carbonyl (C=O) groups excluding carboxylic acids is 1. The number of imidazole rings is 1. The fourth-order valence-electron chi connectivity index (χ4n) is 2.75. The minimum Gasteiger partial charge on any atom is -0.456 e. The lowest BCUT2D eigenvalue weighted by atomic mass is 10.2. The van der Waals surface area contributed by atoms with Gasteiger partial charge in [0, 0.05) is 23.9 Å². The van der Waals surface area contributed by atoms with Crippen LogP contribution in [0.25, 0.3) is 22.6 Å². The summed E-state index contributed by atoms with van der Waals surface area (Å²) in [6, 6.07) is 15.6. The number of ether oxygens (including phenoxy) is 1. The van der Waals surface area contributed by atoms with Crippen LogP contribution in [-0.2, 0) is 16.1 Å². The molecule has 0 N–H and O–H groups in total. The number of carbonyl (C=O) groups is 1. The number of para-hydroxylation sites is 1. The SMILES string of the molecule is Cc1ccc2nc(COC(=O)/C=C/c3ccc4ccccc4n3)cn2c1.